The molecule has 3 rings (SSSR count). The van der Waals surface area contributed by atoms with Gasteiger partial charge in [-0.3, -0.25) is 4.79 Å². The first kappa shape index (κ1) is 16.2. The Hall–Kier alpha value is -1.70. The predicted octanol–water partition coefficient (Wildman–Crippen LogP) is 0.630. The maximum Gasteiger partial charge on any atom is 0.272 e. The molecule has 7 nitrogen and oxygen atoms in total. The molecule has 2 aliphatic rings. The smallest absolute Gasteiger partial charge is 0.272 e. The second kappa shape index (κ2) is 6.43. The van der Waals surface area contributed by atoms with Crippen molar-refractivity contribution in [2.45, 2.75) is 32.2 Å². The highest BCUT2D eigenvalue weighted by Crippen LogP contribution is 2.20. The number of nitrogens with zero attached hydrogens (tertiary/aromatic N) is 3. The van der Waals surface area contributed by atoms with E-state index >= 15 is 0 Å². The van der Waals surface area contributed by atoms with Gasteiger partial charge in [-0.25, -0.2) is 8.42 Å². The maximum atomic E-state index is 12.1. The molecule has 2 saturated heterocycles. The average Bonchev–Trinajstić information content (AvgIpc) is 2.86. The molecule has 1 N–H and O–H groups in total. The third kappa shape index (κ3) is 3.99. The number of nitrogens with one attached hydrogen (secondary N) is 1. The summed E-state index contributed by atoms with van der Waals surface area (Å²) in [6, 6.07) is 3.14. The highest BCUT2D eigenvalue weighted by molar-refractivity contribution is 7.91. The van der Waals surface area contributed by atoms with Gasteiger partial charge in [0, 0.05) is 19.1 Å². The van der Waals surface area contributed by atoms with Gasteiger partial charge >= 0.3 is 0 Å². The fourth-order valence-electron chi connectivity index (χ4n) is 3.18. The van der Waals surface area contributed by atoms with Crippen molar-refractivity contribution in [2.75, 3.05) is 29.5 Å². The van der Waals surface area contributed by atoms with E-state index in [0.29, 0.717) is 12.3 Å². The molecule has 0 aromatic carbocycles. The molecule has 2 aliphatic heterocycles. The van der Waals surface area contributed by atoms with Crippen LogP contribution in [0.25, 0.3) is 0 Å². The standard InChI is InChI=1S/C15H22N4O3S/c1-11-3-2-7-19(9-11)14-5-4-13(17-18-14)15(20)16-12-6-8-23(21,22)10-12/h4-5,11-12H,2-3,6-10H2,1H3,(H,16,20). The van der Waals surface area contributed by atoms with Gasteiger partial charge in [0.15, 0.2) is 21.3 Å². The molecule has 0 aliphatic carbocycles. The molecular formula is C15H22N4O3S. The van der Waals surface area contributed by atoms with Crippen LogP contribution >= 0.6 is 0 Å². The first-order valence-corrected chi connectivity index (χ1v) is 9.85. The lowest BCUT2D eigenvalue weighted by molar-refractivity contribution is 0.0935. The second-order valence-electron chi connectivity index (χ2n) is 6.54. The third-order valence-corrected chi connectivity index (χ3v) is 6.20. The van der Waals surface area contributed by atoms with Gasteiger partial charge in [0.2, 0.25) is 0 Å². The van der Waals surface area contributed by atoms with Crippen molar-refractivity contribution in [1.82, 2.24) is 15.5 Å². The number of hydrogen-bond acceptors (Lipinski definition) is 6. The molecule has 0 spiro atoms. The van der Waals surface area contributed by atoms with E-state index in [9.17, 15) is 13.2 Å². The number of piperidine rings is 1. The molecule has 23 heavy (non-hydrogen) atoms. The van der Waals surface area contributed by atoms with Crippen LogP contribution in [0.4, 0.5) is 5.82 Å². The molecule has 1 aromatic heterocycles. The van der Waals surface area contributed by atoms with Crippen molar-refractivity contribution in [3.05, 3.63) is 17.8 Å². The maximum absolute atomic E-state index is 12.1. The van der Waals surface area contributed by atoms with Crippen molar-refractivity contribution in [2.24, 2.45) is 5.92 Å². The first-order valence-electron chi connectivity index (χ1n) is 8.03. The van der Waals surface area contributed by atoms with Gasteiger partial charge in [-0.15, -0.1) is 10.2 Å². The number of carbonyl (C=O) groups excluding carboxylic acids is 1. The summed E-state index contributed by atoms with van der Waals surface area (Å²) in [5.41, 5.74) is 0.225. The van der Waals surface area contributed by atoms with Crippen LogP contribution in [-0.4, -0.2) is 55.2 Å². The molecule has 2 fully saturated rings. The zero-order valence-corrected chi connectivity index (χ0v) is 14.1. The zero-order valence-electron chi connectivity index (χ0n) is 13.2. The molecule has 1 amide bonds. The van der Waals surface area contributed by atoms with Gasteiger partial charge in [-0.1, -0.05) is 6.92 Å². The highest BCUT2D eigenvalue weighted by atomic mass is 32.2. The van der Waals surface area contributed by atoms with Crippen LogP contribution in [0, 0.1) is 5.92 Å². The molecule has 0 radical (unpaired) electrons. The van der Waals surface area contributed by atoms with Crippen LogP contribution < -0.4 is 10.2 Å². The monoisotopic (exact) mass is 338 g/mol. The molecule has 1 aromatic rings. The number of amides is 1. The molecule has 3 heterocycles. The summed E-state index contributed by atoms with van der Waals surface area (Å²) >= 11 is 0. The lowest BCUT2D eigenvalue weighted by Gasteiger charge is -2.31. The predicted molar refractivity (Wildman–Crippen MR) is 87.2 cm³/mol. The molecule has 2 atom stereocenters. The van der Waals surface area contributed by atoms with Crippen molar-refractivity contribution in [3.63, 3.8) is 0 Å². The Morgan fingerprint density at radius 2 is 2.13 bits per heavy atom. The van der Waals surface area contributed by atoms with Crippen LogP contribution in [-0.2, 0) is 9.84 Å². The molecular weight excluding hydrogens is 316 g/mol. The van der Waals surface area contributed by atoms with Crippen LogP contribution in [0.3, 0.4) is 0 Å². The lowest BCUT2D eigenvalue weighted by atomic mass is 10.0. The Bertz CT molecular complexity index is 674. The van der Waals surface area contributed by atoms with E-state index in [1.165, 1.54) is 6.42 Å². The number of sulfone groups is 1. The second-order valence-corrected chi connectivity index (χ2v) is 8.77. The number of aromatic nitrogens is 2. The Balaban J connectivity index is 1.61. The number of rotatable bonds is 3. The van der Waals surface area contributed by atoms with Crippen LogP contribution in [0.1, 0.15) is 36.7 Å². The van der Waals surface area contributed by atoms with Crippen molar-refractivity contribution in [3.8, 4) is 0 Å². The van der Waals surface area contributed by atoms with E-state index < -0.39 is 9.84 Å². The minimum Gasteiger partial charge on any atom is -0.355 e. The van der Waals surface area contributed by atoms with E-state index in [2.05, 4.69) is 27.3 Å². The molecule has 2 unspecified atom stereocenters. The summed E-state index contributed by atoms with van der Waals surface area (Å²) in [5.74, 6) is 1.21. The number of carbonyl (C=O) groups is 1. The Morgan fingerprint density at radius 1 is 1.30 bits per heavy atom. The van der Waals surface area contributed by atoms with Crippen molar-refractivity contribution in [1.29, 1.82) is 0 Å². The Kier molecular flexibility index (Phi) is 4.52. The summed E-state index contributed by atoms with van der Waals surface area (Å²) < 4.78 is 22.8. The van der Waals surface area contributed by atoms with E-state index in [-0.39, 0.29) is 29.1 Å². The summed E-state index contributed by atoms with van der Waals surface area (Å²) in [6.07, 6.45) is 2.83. The van der Waals surface area contributed by atoms with E-state index in [4.69, 9.17) is 0 Å². The van der Waals surface area contributed by atoms with E-state index in [1.807, 2.05) is 6.07 Å². The van der Waals surface area contributed by atoms with Gasteiger partial charge in [0.1, 0.15) is 0 Å². The summed E-state index contributed by atoms with van der Waals surface area (Å²) in [4.78, 5) is 14.3. The summed E-state index contributed by atoms with van der Waals surface area (Å²) in [5, 5.41) is 10.9. The minimum absolute atomic E-state index is 0.00984. The fraction of sp³-hybridized carbons (Fsp3) is 0.667. The van der Waals surface area contributed by atoms with E-state index in [0.717, 1.165) is 25.3 Å². The lowest BCUT2D eigenvalue weighted by Crippen LogP contribution is -2.37. The SMILES string of the molecule is CC1CCCN(c2ccc(C(=O)NC3CCS(=O)(=O)C3)nn2)C1. The number of anilines is 1. The highest BCUT2D eigenvalue weighted by Gasteiger charge is 2.29. The van der Waals surface area contributed by atoms with Gasteiger partial charge in [-0.2, -0.15) is 0 Å². The zero-order chi connectivity index (χ0) is 16.4. The van der Waals surface area contributed by atoms with Crippen molar-refractivity contribution < 1.29 is 13.2 Å². The van der Waals surface area contributed by atoms with E-state index in [1.54, 1.807) is 6.07 Å². The largest absolute Gasteiger partial charge is 0.355 e. The Labute approximate surface area is 136 Å². The van der Waals surface area contributed by atoms with Crippen LogP contribution in [0.2, 0.25) is 0 Å². The molecule has 0 saturated carbocycles. The van der Waals surface area contributed by atoms with Gasteiger partial charge in [0.25, 0.3) is 5.91 Å². The minimum atomic E-state index is -3.01. The third-order valence-electron chi connectivity index (χ3n) is 4.43. The fourth-order valence-corrected chi connectivity index (χ4v) is 4.85. The van der Waals surface area contributed by atoms with Gasteiger partial charge < -0.3 is 10.2 Å². The molecule has 8 heteroatoms. The average molecular weight is 338 g/mol. The molecule has 126 valence electrons. The van der Waals surface area contributed by atoms with Crippen LogP contribution in [0.5, 0.6) is 0 Å². The molecule has 0 bridgehead atoms. The van der Waals surface area contributed by atoms with Gasteiger partial charge in [-0.05, 0) is 37.3 Å². The summed E-state index contributed by atoms with van der Waals surface area (Å²) in [7, 11) is -3.01. The van der Waals surface area contributed by atoms with Crippen LogP contribution in [0.15, 0.2) is 12.1 Å². The first-order chi connectivity index (χ1) is 10.9. The topological polar surface area (TPSA) is 92.3 Å². The Morgan fingerprint density at radius 3 is 2.74 bits per heavy atom. The van der Waals surface area contributed by atoms with Gasteiger partial charge in [0.05, 0.1) is 11.5 Å². The van der Waals surface area contributed by atoms with Crippen molar-refractivity contribution >= 4 is 21.6 Å². The quantitative estimate of drug-likeness (QED) is 0.869. The normalized spacial score (nSPS) is 26.9. The summed E-state index contributed by atoms with van der Waals surface area (Å²) in [6.45, 7) is 4.14. The number of hydrogen-bond donors (Lipinski definition) is 1.